The SMILES string of the molecule is CN(C)CC(=O)N[C@H]1CC[C@@H]2SC[C@@H](C(=O)NCCNc3ccccc3)N2C1=O. The van der Waals surface area contributed by atoms with E-state index in [2.05, 4.69) is 16.0 Å². The van der Waals surface area contributed by atoms with Gasteiger partial charge in [0.05, 0.1) is 11.9 Å². The number of likely N-dealkylation sites (N-methyl/N-ethyl adjacent to an activating group) is 1. The first kappa shape index (κ1) is 21.4. The molecule has 3 amide bonds. The number of fused-ring (bicyclic) bond motifs is 1. The molecule has 9 heteroatoms. The molecule has 2 saturated heterocycles. The minimum atomic E-state index is -0.549. The summed E-state index contributed by atoms with van der Waals surface area (Å²) >= 11 is 1.64. The van der Waals surface area contributed by atoms with Crippen LogP contribution in [0.2, 0.25) is 0 Å². The Kier molecular flexibility index (Phi) is 7.38. The van der Waals surface area contributed by atoms with Crippen LogP contribution in [0.25, 0.3) is 0 Å². The van der Waals surface area contributed by atoms with Gasteiger partial charge in [0.1, 0.15) is 12.1 Å². The van der Waals surface area contributed by atoms with Crippen molar-refractivity contribution < 1.29 is 14.4 Å². The van der Waals surface area contributed by atoms with Gasteiger partial charge in [-0.3, -0.25) is 14.4 Å². The molecule has 3 N–H and O–H groups in total. The highest BCUT2D eigenvalue weighted by Crippen LogP contribution is 2.36. The van der Waals surface area contributed by atoms with Gasteiger partial charge in [-0.25, -0.2) is 0 Å². The number of carbonyl (C=O) groups is 3. The third-order valence-electron chi connectivity index (χ3n) is 4.97. The molecule has 0 unspecified atom stereocenters. The molecule has 0 saturated carbocycles. The molecule has 3 rings (SSSR count). The van der Waals surface area contributed by atoms with E-state index < -0.39 is 12.1 Å². The lowest BCUT2D eigenvalue weighted by Gasteiger charge is -2.37. The number of rotatable bonds is 8. The number of benzene rings is 1. The molecule has 29 heavy (non-hydrogen) atoms. The topological polar surface area (TPSA) is 93.8 Å². The fraction of sp³-hybridized carbons (Fsp3) is 0.550. The van der Waals surface area contributed by atoms with Gasteiger partial charge in [0.25, 0.3) is 0 Å². The lowest BCUT2D eigenvalue weighted by molar-refractivity contribution is -0.145. The zero-order valence-electron chi connectivity index (χ0n) is 16.9. The van der Waals surface area contributed by atoms with Crippen LogP contribution in [-0.4, -0.2) is 84.5 Å². The number of hydrogen-bond donors (Lipinski definition) is 3. The molecule has 0 aromatic heterocycles. The number of amides is 3. The van der Waals surface area contributed by atoms with Gasteiger partial charge in [0, 0.05) is 24.5 Å². The first-order valence-electron chi connectivity index (χ1n) is 9.90. The number of nitrogens with one attached hydrogen (secondary N) is 3. The largest absolute Gasteiger partial charge is 0.383 e. The van der Waals surface area contributed by atoms with E-state index in [1.165, 1.54) is 0 Å². The van der Waals surface area contributed by atoms with Gasteiger partial charge in [-0.15, -0.1) is 11.8 Å². The minimum Gasteiger partial charge on any atom is -0.383 e. The Morgan fingerprint density at radius 3 is 2.66 bits per heavy atom. The van der Waals surface area contributed by atoms with Crippen molar-refractivity contribution in [2.75, 3.05) is 44.8 Å². The van der Waals surface area contributed by atoms with Crippen molar-refractivity contribution in [3.63, 3.8) is 0 Å². The van der Waals surface area contributed by atoms with Crippen LogP contribution in [0, 0.1) is 0 Å². The summed E-state index contributed by atoms with van der Waals surface area (Å²) in [6, 6.07) is 8.76. The molecule has 1 aromatic rings. The number of hydrogen-bond acceptors (Lipinski definition) is 6. The van der Waals surface area contributed by atoms with Crippen LogP contribution in [-0.2, 0) is 14.4 Å². The number of piperidine rings is 1. The number of para-hydroxylation sites is 1. The Morgan fingerprint density at radius 1 is 1.17 bits per heavy atom. The summed E-state index contributed by atoms with van der Waals surface area (Å²) in [5.74, 6) is 0.128. The highest BCUT2D eigenvalue weighted by Gasteiger charge is 2.46. The summed E-state index contributed by atoms with van der Waals surface area (Å²) < 4.78 is 0. The molecule has 8 nitrogen and oxygen atoms in total. The lowest BCUT2D eigenvalue weighted by atomic mass is 10.0. The quantitative estimate of drug-likeness (QED) is 0.526. The average molecular weight is 420 g/mol. The normalized spacial score (nSPS) is 23.6. The van der Waals surface area contributed by atoms with Gasteiger partial charge in [-0.1, -0.05) is 18.2 Å². The number of nitrogens with zero attached hydrogens (tertiary/aromatic N) is 2. The number of thioether (sulfide) groups is 1. The maximum absolute atomic E-state index is 12.9. The summed E-state index contributed by atoms with van der Waals surface area (Å²) in [4.78, 5) is 41.1. The highest BCUT2D eigenvalue weighted by molar-refractivity contribution is 8.00. The molecule has 0 aliphatic carbocycles. The van der Waals surface area contributed by atoms with Crippen molar-refractivity contribution in [3.05, 3.63) is 30.3 Å². The molecule has 2 aliphatic heterocycles. The summed E-state index contributed by atoms with van der Waals surface area (Å²) in [5, 5.41) is 9.01. The lowest BCUT2D eigenvalue weighted by Crippen LogP contribution is -2.59. The van der Waals surface area contributed by atoms with Gasteiger partial charge in [0.2, 0.25) is 17.7 Å². The Bertz CT molecular complexity index is 730. The van der Waals surface area contributed by atoms with Crippen molar-refractivity contribution in [1.82, 2.24) is 20.4 Å². The molecular formula is C20H29N5O3S. The van der Waals surface area contributed by atoms with E-state index in [0.717, 1.165) is 12.1 Å². The maximum Gasteiger partial charge on any atom is 0.246 e. The summed E-state index contributed by atoms with van der Waals surface area (Å²) in [6.45, 7) is 1.32. The van der Waals surface area contributed by atoms with Crippen molar-refractivity contribution in [3.8, 4) is 0 Å². The predicted molar refractivity (Wildman–Crippen MR) is 115 cm³/mol. The molecule has 1 aromatic carbocycles. The number of anilines is 1. The fourth-order valence-corrected chi connectivity index (χ4v) is 5.05. The maximum atomic E-state index is 12.9. The van der Waals surface area contributed by atoms with E-state index in [1.807, 2.05) is 44.4 Å². The zero-order chi connectivity index (χ0) is 20.8. The van der Waals surface area contributed by atoms with Crippen LogP contribution < -0.4 is 16.0 Å². The van der Waals surface area contributed by atoms with Crippen LogP contribution in [0.1, 0.15) is 12.8 Å². The van der Waals surface area contributed by atoms with Crippen molar-refractivity contribution in [1.29, 1.82) is 0 Å². The van der Waals surface area contributed by atoms with Crippen LogP contribution in [0.5, 0.6) is 0 Å². The van der Waals surface area contributed by atoms with Gasteiger partial charge in [-0.2, -0.15) is 0 Å². The molecule has 2 aliphatic rings. The summed E-state index contributed by atoms with van der Waals surface area (Å²) in [6.07, 6.45) is 1.39. The van der Waals surface area contributed by atoms with Crippen LogP contribution in [0.4, 0.5) is 5.69 Å². The van der Waals surface area contributed by atoms with E-state index in [9.17, 15) is 14.4 Å². The Morgan fingerprint density at radius 2 is 1.93 bits per heavy atom. The molecule has 3 atom stereocenters. The molecule has 158 valence electrons. The van der Waals surface area contributed by atoms with Crippen molar-refractivity contribution in [2.45, 2.75) is 30.3 Å². The Balaban J connectivity index is 1.50. The second kappa shape index (κ2) is 9.98. The molecule has 2 heterocycles. The third-order valence-corrected chi connectivity index (χ3v) is 6.33. The Hall–Kier alpha value is -2.26. The van der Waals surface area contributed by atoms with Gasteiger partial charge in [0.15, 0.2) is 0 Å². The van der Waals surface area contributed by atoms with E-state index in [1.54, 1.807) is 21.6 Å². The predicted octanol–water partition coefficient (Wildman–Crippen LogP) is 0.325. The molecule has 0 bridgehead atoms. The second-order valence-corrected chi connectivity index (χ2v) is 8.78. The summed E-state index contributed by atoms with van der Waals surface area (Å²) in [5.41, 5.74) is 1.00. The monoisotopic (exact) mass is 419 g/mol. The zero-order valence-corrected chi connectivity index (χ0v) is 17.7. The third kappa shape index (κ3) is 5.63. The van der Waals surface area contributed by atoms with Crippen LogP contribution >= 0.6 is 11.8 Å². The number of carbonyl (C=O) groups excluding carboxylic acids is 3. The highest BCUT2D eigenvalue weighted by atomic mass is 32.2. The first-order chi connectivity index (χ1) is 14.0. The molecule has 2 fully saturated rings. The van der Waals surface area contributed by atoms with Gasteiger partial charge >= 0.3 is 0 Å². The first-order valence-corrected chi connectivity index (χ1v) is 10.9. The smallest absolute Gasteiger partial charge is 0.246 e. The molecule has 0 radical (unpaired) electrons. The van der Waals surface area contributed by atoms with Crippen LogP contribution in [0.15, 0.2) is 30.3 Å². The van der Waals surface area contributed by atoms with Crippen molar-refractivity contribution >= 4 is 35.2 Å². The van der Waals surface area contributed by atoms with E-state index in [4.69, 9.17) is 0 Å². The summed E-state index contributed by atoms with van der Waals surface area (Å²) in [7, 11) is 3.62. The van der Waals surface area contributed by atoms with E-state index in [-0.39, 0.29) is 29.6 Å². The Labute approximate surface area is 175 Å². The minimum absolute atomic E-state index is 0.0164. The molecular weight excluding hydrogens is 390 g/mol. The van der Waals surface area contributed by atoms with E-state index >= 15 is 0 Å². The van der Waals surface area contributed by atoms with Crippen LogP contribution in [0.3, 0.4) is 0 Å². The molecule has 0 spiro atoms. The van der Waals surface area contributed by atoms with Gasteiger partial charge in [-0.05, 0) is 39.1 Å². The van der Waals surface area contributed by atoms with Crippen molar-refractivity contribution in [2.24, 2.45) is 0 Å². The van der Waals surface area contributed by atoms with Gasteiger partial charge < -0.3 is 25.8 Å². The average Bonchev–Trinajstić information content (AvgIpc) is 3.12. The second-order valence-electron chi connectivity index (χ2n) is 7.57. The van der Waals surface area contributed by atoms with E-state index in [0.29, 0.717) is 25.3 Å². The standard InChI is InChI=1S/C20H29N5O3S/c1-24(2)12-17(26)23-15-8-9-18-25(20(15)28)16(13-29-18)19(27)22-11-10-21-14-6-4-3-5-7-14/h3-7,15-16,18,21H,8-13H2,1-2H3,(H,22,27)(H,23,26)/t15-,16-,18-/m0/s1. The fourth-order valence-electron chi connectivity index (χ4n) is 3.62.